The molecule has 3 heterocycles. The van der Waals surface area contributed by atoms with Crippen molar-refractivity contribution in [2.75, 3.05) is 37.4 Å². The van der Waals surface area contributed by atoms with E-state index in [-0.39, 0.29) is 17.6 Å². The lowest BCUT2D eigenvalue weighted by Crippen LogP contribution is -2.60. The fourth-order valence-corrected chi connectivity index (χ4v) is 4.35. The minimum Gasteiger partial charge on any atom is -0.393 e. The summed E-state index contributed by atoms with van der Waals surface area (Å²) < 4.78 is 5.92. The summed E-state index contributed by atoms with van der Waals surface area (Å²) in [6.45, 7) is 1.81. The van der Waals surface area contributed by atoms with Gasteiger partial charge in [0.2, 0.25) is 5.95 Å². The van der Waals surface area contributed by atoms with E-state index in [1.54, 1.807) is 19.2 Å². The van der Waals surface area contributed by atoms with Crippen molar-refractivity contribution >= 4 is 28.7 Å². The Hall–Kier alpha value is -3.30. The Morgan fingerprint density at radius 3 is 2.87 bits per heavy atom. The highest BCUT2D eigenvalue weighted by Crippen LogP contribution is 2.39. The van der Waals surface area contributed by atoms with E-state index in [4.69, 9.17) is 15.5 Å². The van der Waals surface area contributed by atoms with Crippen molar-refractivity contribution < 1.29 is 14.6 Å². The SMILES string of the molecule is CNC(=O)c1cccc(-c2ccc3c(N)nc(N4CCOC5(CC(O)C5)C4)nc3n2)c1. The normalized spacial score (nSPS) is 23.0. The largest absolute Gasteiger partial charge is 0.393 e. The zero-order valence-electron chi connectivity index (χ0n) is 17.2. The molecule has 1 saturated carbocycles. The number of aliphatic hydroxyl groups excluding tert-OH is 1. The van der Waals surface area contributed by atoms with E-state index in [9.17, 15) is 9.90 Å². The lowest BCUT2D eigenvalue weighted by atomic mass is 9.76. The number of morpholine rings is 1. The number of nitrogens with one attached hydrogen (secondary N) is 1. The maximum absolute atomic E-state index is 12.0. The first kappa shape index (κ1) is 19.7. The number of nitrogens with zero attached hydrogens (tertiary/aromatic N) is 4. The van der Waals surface area contributed by atoms with Gasteiger partial charge in [-0.15, -0.1) is 0 Å². The van der Waals surface area contributed by atoms with E-state index in [0.717, 1.165) is 5.56 Å². The molecule has 1 spiro atoms. The Labute approximate surface area is 179 Å². The van der Waals surface area contributed by atoms with Gasteiger partial charge in [-0.1, -0.05) is 12.1 Å². The topological polar surface area (TPSA) is 126 Å². The zero-order chi connectivity index (χ0) is 21.6. The molecule has 0 radical (unpaired) electrons. The summed E-state index contributed by atoms with van der Waals surface area (Å²) >= 11 is 0. The Kier molecular flexibility index (Phi) is 4.71. The second kappa shape index (κ2) is 7.44. The molecule has 2 aromatic heterocycles. The van der Waals surface area contributed by atoms with E-state index in [0.29, 0.717) is 66.6 Å². The number of amides is 1. The van der Waals surface area contributed by atoms with Crippen molar-refractivity contribution in [3.63, 3.8) is 0 Å². The van der Waals surface area contributed by atoms with Crippen LogP contribution in [-0.4, -0.2) is 64.4 Å². The Morgan fingerprint density at radius 1 is 1.26 bits per heavy atom. The number of nitrogens with two attached hydrogens (primary N) is 1. The first-order valence-corrected chi connectivity index (χ1v) is 10.3. The van der Waals surface area contributed by atoms with E-state index in [2.05, 4.69) is 15.3 Å². The van der Waals surface area contributed by atoms with E-state index < -0.39 is 0 Å². The fraction of sp³-hybridized carbons (Fsp3) is 0.364. The molecule has 4 N–H and O–H groups in total. The number of carbonyl (C=O) groups is 1. The molecule has 3 aromatic rings. The summed E-state index contributed by atoms with van der Waals surface area (Å²) in [6.07, 6.45) is 0.935. The minimum atomic E-state index is -0.333. The van der Waals surface area contributed by atoms with Crippen LogP contribution in [0, 0.1) is 0 Å². The lowest BCUT2D eigenvalue weighted by molar-refractivity contribution is -0.159. The monoisotopic (exact) mass is 420 g/mol. The first-order chi connectivity index (χ1) is 15.0. The van der Waals surface area contributed by atoms with Gasteiger partial charge in [0.15, 0.2) is 5.65 Å². The smallest absolute Gasteiger partial charge is 0.251 e. The molecule has 0 atom stereocenters. The van der Waals surface area contributed by atoms with Gasteiger partial charge in [0.25, 0.3) is 5.91 Å². The number of pyridine rings is 1. The minimum absolute atomic E-state index is 0.154. The Morgan fingerprint density at radius 2 is 2.10 bits per heavy atom. The highest BCUT2D eigenvalue weighted by atomic mass is 16.5. The summed E-state index contributed by atoms with van der Waals surface area (Å²) in [6, 6.07) is 11.0. The molecule has 9 heteroatoms. The number of rotatable bonds is 3. The van der Waals surface area contributed by atoms with Crippen LogP contribution in [0.1, 0.15) is 23.2 Å². The summed E-state index contributed by atoms with van der Waals surface area (Å²) in [5.74, 6) is 0.726. The van der Waals surface area contributed by atoms with Crippen molar-refractivity contribution in [2.24, 2.45) is 0 Å². The van der Waals surface area contributed by atoms with Gasteiger partial charge in [-0.25, -0.2) is 4.98 Å². The lowest BCUT2D eigenvalue weighted by Gasteiger charge is -2.50. The van der Waals surface area contributed by atoms with E-state index in [1.165, 1.54) is 0 Å². The van der Waals surface area contributed by atoms with Crippen molar-refractivity contribution in [3.05, 3.63) is 42.0 Å². The van der Waals surface area contributed by atoms with Crippen LogP contribution < -0.4 is 16.0 Å². The molecule has 0 unspecified atom stereocenters. The molecular weight excluding hydrogens is 396 g/mol. The molecule has 1 saturated heterocycles. The maximum Gasteiger partial charge on any atom is 0.251 e. The highest BCUT2D eigenvalue weighted by Gasteiger charge is 2.48. The first-order valence-electron chi connectivity index (χ1n) is 10.3. The third kappa shape index (κ3) is 3.55. The van der Waals surface area contributed by atoms with Gasteiger partial charge < -0.3 is 25.8 Å². The third-order valence-corrected chi connectivity index (χ3v) is 5.97. The maximum atomic E-state index is 12.0. The van der Waals surface area contributed by atoms with Gasteiger partial charge in [0.1, 0.15) is 5.82 Å². The van der Waals surface area contributed by atoms with Crippen molar-refractivity contribution in [3.8, 4) is 11.3 Å². The van der Waals surface area contributed by atoms with Gasteiger partial charge in [0, 0.05) is 37.6 Å². The van der Waals surface area contributed by atoms with Crippen LogP contribution in [-0.2, 0) is 4.74 Å². The number of benzene rings is 1. The number of ether oxygens (including phenoxy) is 1. The zero-order valence-corrected chi connectivity index (χ0v) is 17.2. The number of anilines is 2. The second-order valence-corrected chi connectivity index (χ2v) is 8.15. The average Bonchev–Trinajstić information content (AvgIpc) is 2.77. The van der Waals surface area contributed by atoms with Crippen LogP contribution >= 0.6 is 0 Å². The number of nitrogen functional groups attached to an aromatic ring is 1. The van der Waals surface area contributed by atoms with Crippen LogP contribution in [0.25, 0.3) is 22.3 Å². The number of hydrogen-bond donors (Lipinski definition) is 3. The van der Waals surface area contributed by atoms with Gasteiger partial charge in [-0.3, -0.25) is 4.79 Å². The van der Waals surface area contributed by atoms with Gasteiger partial charge in [0.05, 0.1) is 35.9 Å². The molecule has 5 rings (SSSR count). The van der Waals surface area contributed by atoms with Crippen molar-refractivity contribution in [2.45, 2.75) is 24.5 Å². The van der Waals surface area contributed by atoms with E-state index in [1.807, 2.05) is 29.2 Å². The third-order valence-electron chi connectivity index (χ3n) is 5.97. The van der Waals surface area contributed by atoms with Crippen LogP contribution in [0.15, 0.2) is 36.4 Å². The van der Waals surface area contributed by atoms with Crippen molar-refractivity contribution in [1.82, 2.24) is 20.3 Å². The number of fused-ring (bicyclic) bond motifs is 1. The summed E-state index contributed by atoms with van der Waals surface area (Å²) in [4.78, 5) is 27.9. The van der Waals surface area contributed by atoms with Crippen LogP contribution in [0.2, 0.25) is 0 Å². The number of aromatic nitrogens is 3. The summed E-state index contributed by atoms with van der Waals surface area (Å²) in [5.41, 5.74) is 8.47. The van der Waals surface area contributed by atoms with Crippen molar-refractivity contribution in [1.29, 1.82) is 0 Å². The van der Waals surface area contributed by atoms with Crippen LogP contribution in [0.3, 0.4) is 0 Å². The number of carbonyl (C=O) groups excluding carboxylic acids is 1. The molecule has 2 aliphatic rings. The number of hydrogen-bond acceptors (Lipinski definition) is 8. The molecule has 1 amide bonds. The fourth-order valence-electron chi connectivity index (χ4n) is 4.35. The molecule has 2 fully saturated rings. The Bertz CT molecular complexity index is 1160. The molecule has 9 nitrogen and oxygen atoms in total. The highest BCUT2D eigenvalue weighted by molar-refractivity contribution is 5.95. The molecule has 31 heavy (non-hydrogen) atoms. The predicted molar refractivity (Wildman–Crippen MR) is 117 cm³/mol. The molecule has 160 valence electrons. The Balaban J connectivity index is 1.50. The van der Waals surface area contributed by atoms with Gasteiger partial charge >= 0.3 is 0 Å². The van der Waals surface area contributed by atoms with E-state index >= 15 is 0 Å². The molecule has 1 aliphatic heterocycles. The predicted octanol–water partition coefficient (Wildman–Crippen LogP) is 1.36. The number of aliphatic hydroxyl groups is 1. The van der Waals surface area contributed by atoms with Crippen LogP contribution in [0.4, 0.5) is 11.8 Å². The quantitative estimate of drug-likeness (QED) is 0.580. The van der Waals surface area contributed by atoms with Gasteiger partial charge in [-0.2, -0.15) is 9.97 Å². The van der Waals surface area contributed by atoms with Crippen LogP contribution in [0.5, 0.6) is 0 Å². The van der Waals surface area contributed by atoms with Gasteiger partial charge in [-0.05, 0) is 24.3 Å². The summed E-state index contributed by atoms with van der Waals surface area (Å²) in [7, 11) is 1.60. The molecule has 0 bridgehead atoms. The average molecular weight is 420 g/mol. The molecule has 1 aliphatic carbocycles. The summed E-state index contributed by atoms with van der Waals surface area (Å²) in [5, 5.41) is 13.0. The molecular formula is C22H24N6O3. The second-order valence-electron chi connectivity index (χ2n) is 8.15. The standard InChI is InChI=1S/C22H24N6O3/c1-24-20(30)14-4-2-3-13(9-14)17-6-5-16-18(23)26-21(27-19(16)25-17)28-7-8-31-22(12-28)10-15(29)11-22/h2-6,9,15,29H,7-8,10-12H2,1H3,(H,24,30)(H2,23,25,26,27). The molecule has 1 aromatic carbocycles.